The second-order valence-corrected chi connectivity index (χ2v) is 7.20. The van der Waals surface area contributed by atoms with Crippen molar-refractivity contribution in [1.29, 1.82) is 0 Å². The molecule has 0 heterocycles. The first-order valence-electron chi connectivity index (χ1n) is 5.82. The summed E-state index contributed by atoms with van der Waals surface area (Å²) in [4.78, 5) is -0.626. The summed E-state index contributed by atoms with van der Waals surface area (Å²) in [5.41, 5.74) is -0.642. The summed E-state index contributed by atoms with van der Waals surface area (Å²) in [6, 6.07) is 1.38. The average molecular weight is 325 g/mol. The van der Waals surface area contributed by atoms with Crippen LogP contribution in [0, 0.1) is 11.6 Å². The van der Waals surface area contributed by atoms with Gasteiger partial charge in [-0.1, -0.05) is 0 Å². The highest BCUT2D eigenvalue weighted by atomic mass is 32.2. The van der Waals surface area contributed by atoms with E-state index in [1.807, 2.05) is 6.26 Å². The molecule has 20 heavy (non-hydrogen) atoms. The number of aliphatic hydroxyl groups is 1. The second kappa shape index (κ2) is 6.84. The zero-order valence-electron chi connectivity index (χ0n) is 11.4. The molecule has 1 atom stereocenters. The smallest absolute Gasteiger partial charge is 0.246 e. The van der Waals surface area contributed by atoms with Crippen LogP contribution in [0.5, 0.6) is 0 Å². The Bertz CT molecular complexity index is 578. The van der Waals surface area contributed by atoms with Crippen molar-refractivity contribution in [3.05, 3.63) is 29.3 Å². The topological polar surface area (TPSA) is 57.6 Å². The number of hydrogen-bond donors (Lipinski definition) is 1. The molecule has 0 aromatic heterocycles. The lowest BCUT2D eigenvalue weighted by molar-refractivity contribution is 0.267. The lowest BCUT2D eigenvalue weighted by atomic mass is 10.2. The van der Waals surface area contributed by atoms with Crippen molar-refractivity contribution in [1.82, 2.24) is 4.31 Å². The first kappa shape index (κ1) is 17.4. The summed E-state index contributed by atoms with van der Waals surface area (Å²) in [5, 5.41) is 8.93. The molecule has 0 aliphatic carbocycles. The van der Waals surface area contributed by atoms with E-state index in [4.69, 9.17) is 5.11 Å². The van der Waals surface area contributed by atoms with E-state index < -0.39 is 38.7 Å². The van der Waals surface area contributed by atoms with E-state index in [-0.39, 0.29) is 6.04 Å². The van der Waals surface area contributed by atoms with Crippen molar-refractivity contribution < 1.29 is 22.3 Å². The van der Waals surface area contributed by atoms with Crippen molar-refractivity contribution in [2.45, 2.75) is 24.5 Å². The molecule has 114 valence electrons. The fraction of sp³-hybridized carbons (Fsp3) is 0.500. The lowest BCUT2D eigenvalue weighted by Gasteiger charge is -2.24. The summed E-state index contributed by atoms with van der Waals surface area (Å²) in [6.45, 7) is 0.799. The Kier molecular flexibility index (Phi) is 5.93. The monoisotopic (exact) mass is 325 g/mol. The highest BCUT2D eigenvalue weighted by Gasteiger charge is 2.29. The van der Waals surface area contributed by atoms with Crippen molar-refractivity contribution in [3.63, 3.8) is 0 Å². The number of nitrogens with zero attached hydrogens (tertiary/aromatic N) is 1. The minimum atomic E-state index is -4.07. The SMILES string of the molecule is CSCC(C)N(C)S(=O)(=O)c1ccc(F)c(CO)c1F. The van der Waals surface area contributed by atoms with Crippen molar-refractivity contribution in [2.75, 3.05) is 19.1 Å². The van der Waals surface area contributed by atoms with Crippen LogP contribution in [-0.2, 0) is 16.6 Å². The molecule has 0 bridgehead atoms. The molecule has 1 N–H and O–H groups in total. The number of hydrogen-bond acceptors (Lipinski definition) is 4. The maximum atomic E-state index is 14.0. The van der Waals surface area contributed by atoms with E-state index in [0.29, 0.717) is 5.75 Å². The summed E-state index contributed by atoms with van der Waals surface area (Å²) in [7, 11) is -2.73. The molecule has 0 amide bonds. The van der Waals surface area contributed by atoms with Crippen molar-refractivity contribution in [2.24, 2.45) is 0 Å². The zero-order chi connectivity index (χ0) is 15.5. The largest absolute Gasteiger partial charge is 0.391 e. The summed E-state index contributed by atoms with van der Waals surface area (Å²) in [5.74, 6) is -1.66. The Balaban J connectivity index is 3.29. The Labute approximate surface area is 121 Å². The van der Waals surface area contributed by atoms with Gasteiger partial charge in [0, 0.05) is 18.8 Å². The van der Waals surface area contributed by atoms with Crippen LogP contribution in [0.15, 0.2) is 17.0 Å². The number of rotatable bonds is 6. The third-order valence-electron chi connectivity index (χ3n) is 2.99. The third-order valence-corrected chi connectivity index (χ3v) is 5.80. The summed E-state index contributed by atoms with van der Waals surface area (Å²) >= 11 is 1.46. The fourth-order valence-electron chi connectivity index (χ4n) is 1.66. The molecule has 0 aliphatic heterocycles. The van der Waals surface area contributed by atoms with Gasteiger partial charge < -0.3 is 5.11 Å². The van der Waals surface area contributed by atoms with Crippen LogP contribution in [-0.4, -0.2) is 42.9 Å². The molecule has 1 aromatic carbocycles. The van der Waals surface area contributed by atoms with E-state index in [2.05, 4.69) is 0 Å². The molecular weight excluding hydrogens is 308 g/mol. The van der Waals surface area contributed by atoms with E-state index >= 15 is 0 Å². The van der Waals surface area contributed by atoms with E-state index in [1.165, 1.54) is 18.8 Å². The molecule has 0 saturated carbocycles. The van der Waals surface area contributed by atoms with Gasteiger partial charge in [0.05, 0.1) is 12.2 Å². The Morgan fingerprint density at radius 1 is 1.40 bits per heavy atom. The molecule has 1 aromatic rings. The maximum Gasteiger partial charge on any atom is 0.246 e. The highest BCUT2D eigenvalue weighted by Crippen LogP contribution is 2.25. The van der Waals surface area contributed by atoms with Crippen LogP contribution in [0.2, 0.25) is 0 Å². The van der Waals surface area contributed by atoms with Gasteiger partial charge in [-0.3, -0.25) is 0 Å². The molecule has 1 unspecified atom stereocenters. The molecule has 0 spiro atoms. The second-order valence-electron chi connectivity index (χ2n) is 4.32. The number of halogens is 2. The van der Waals surface area contributed by atoms with Gasteiger partial charge in [0.25, 0.3) is 0 Å². The molecule has 1 rings (SSSR count). The van der Waals surface area contributed by atoms with Gasteiger partial charge in [0.1, 0.15) is 10.7 Å². The first-order chi connectivity index (χ1) is 9.27. The van der Waals surface area contributed by atoms with E-state index in [0.717, 1.165) is 16.4 Å². The fourth-order valence-corrected chi connectivity index (χ4v) is 3.91. The minimum Gasteiger partial charge on any atom is -0.391 e. The number of benzene rings is 1. The van der Waals surface area contributed by atoms with Gasteiger partial charge in [0.2, 0.25) is 10.0 Å². The third kappa shape index (κ3) is 3.30. The quantitative estimate of drug-likeness (QED) is 0.867. The van der Waals surface area contributed by atoms with Gasteiger partial charge in [-0.2, -0.15) is 16.1 Å². The maximum absolute atomic E-state index is 14.0. The molecular formula is C12H17F2NO3S2. The number of sulfonamides is 1. The van der Waals surface area contributed by atoms with Crippen molar-refractivity contribution >= 4 is 21.8 Å². The molecule has 0 radical (unpaired) electrons. The van der Waals surface area contributed by atoms with E-state index in [1.54, 1.807) is 6.92 Å². The standard InChI is InChI=1S/C12H17F2NO3S2/c1-8(7-19-3)15(2)20(17,18)11-5-4-10(13)9(6-16)12(11)14/h4-5,8,16H,6-7H2,1-3H3. The van der Waals surface area contributed by atoms with Crippen LogP contribution in [0.4, 0.5) is 8.78 Å². The van der Waals surface area contributed by atoms with Crippen molar-refractivity contribution in [3.8, 4) is 0 Å². The lowest BCUT2D eigenvalue weighted by Crippen LogP contribution is -2.37. The van der Waals surface area contributed by atoms with Crippen LogP contribution in [0.3, 0.4) is 0 Å². The predicted molar refractivity (Wildman–Crippen MR) is 75.1 cm³/mol. The van der Waals surface area contributed by atoms with Crippen LogP contribution in [0.1, 0.15) is 12.5 Å². The Hall–Kier alpha value is -0.700. The Morgan fingerprint density at radius 3 is 2.50 bits per heavy atom. The highest BCUT2D eigenvalue weighted by molar-refractivity contribution is 7.98. The molecule has 8 heteroatoms. The summed E-state index contributed by atoms with van der Waals surface area (Å²) in [6.07, 6.45) is 1.83. The normalized spacial score (nSPS) is 13.8. The predicted octanol–water partition coefficient (Wildman–Crippen LogP) is 1.83. The van der Waals surface area contributed by atoms with Gasteiger partial charge in [-0.05, 0) is 25.3 Å². The number of thioether (sulfide) groups is 1. The molecule has 0 aliphatic rings. The average Bonchev–Trinajstić information content (AvgIpc) is 2.38. The van der Waals surface area contributed by atoms with Gasteiger partial charge in [0.15, 0.2) is 5.82 Å². The molecule has 0 fully saturated rings. The van der Waals surface area contributed by atoms with Gasteiger partial charge >= 0.3 is 0 Å². The van der Waals surface area contributed by atoms with Gasteiger partial charge in [-0.25, -0.2) is 17.2 Å². The van der Waals surface area contributed by atoms with E-state index in [9.17, 15) is 17.2 Å². The Morgan fingerprint density at radius 2 is 2.00 bits per heavy atom. The van der Waals surface area contributed by atoms with Crippen LogP contribution < -0.4 is 0 Å². The molecule has 0 saturated heterocycles. The minimum absolute atomic E-state index is 0.336. The zero-order valence-corrected chi connectivity index (χ0v) is 13.1. The number of aliphatic hydroxyl groups excluding tert-OH is 1. The molecule has 4 nitrogen and oxygen atoms in total. The summed E-state index contributed by atoms with van der Waals surface area (Å²) < 4.78 is 53.0. The van der Waals surface area contributed by atoms with Crippen LogP contribution in [0.25, 0.3) is 0 Å². The van der Waals surface area contributed by atoms with Crippen LogP contribution >= 0.6 is 11.8 Å². The van der Waals surface area contributed by atoms with Gasteiger partial charge in [-0.15, -0.1) is 0 Å². The first-order valence-corrected chi connectivity index (χ1v) is 8.65.